The first-order valence-electron chi connectivity index (χ1n) is 9.48. The fourth-order valence-corrected chi connectivity index (χ4v) is 4.10. The lowest BCUT2D eigenvalue weighted by molar-refractivity contribution is -0.131. The van der Waals surface area contributed by atoms with Crippen molar-refractivity contribution < 1.29 is 9.59 Å². The van der Waals surface area contributed by atoms with Gasteiger partial charge in [-0.3, -0.25) is 9.59 Å². The molecule has 2 fully saturated rings. The van der Waals surface area contributed by atoms with Crippen LogP contribution in [0, 0.1) is 5.92 Å². The largest absolute Gasteiger partial charge is 0.343 e. The van der Waals surface area contributed by atoms with Crippen LogP contribution in [0.3, 0.4) is 0 Å². The number of benzene rings is 1. The maximum atomic E-state index is 13.0. The molecule has 0 aliphatic carbocycles. The van der Waals surface area contributed by atoms with Crippen molar-refractivity contribution in [3.05, 3.63) is 30.3 Å². The summed E-state index contributed by atoms with van der Waals surface area (Å²) in [7, 11) is 0. The summed E-state index contributed by atoms with van der Waals surface area (Å²) in [5, 5.41) is 3.64. The van der Waals surface area contributed by atoms with Gasteiger partial charge in [-0.2, -0.15) is 0 Å². The number of anilines is 1. The van der Waals surface area contributed by atoms with Crippen LogP contribution >= 0.6 is 0 Å². The summed E-state index contributed by atoms with van der Waals surface area (Å²) in [4.78, 5) is 28.5. The number of rotatable bonds is 4. The van der Waals surface area contributed by atoms with Crippen LogP contribution in [0.15, 0.2) is 30.3 Å². The van der Waals surface area contributed by atoms with E-state index < -0.39 is 0 Å². The lowest BCUT2D eigenvalue weighted by atomic mass is 9.88. The van der Waals surface area contributed by atoms with Crippen molar-refractivity contribution in [2.75, 3.05) is 24.5 Å². The predicted octanol–water partition coefficient (Wildman–Crippen LogP) is 2.42. The standard InChI is InChI=1S/C20H29N3O2/c1-3-16-14-22(15(2)24)13-11-18(16)21-19-10-7-12-23(20(19)25)17-8-5-4-6-9-17/h4-6,8-9,16,18-19,21H,3,7,10-14H2,1-2H3/t16-,18-,19+/m1/s1. The molecule has 1 N–H and O–H groups in total. The highest BCUT2D eigenvalue weighted by Gasteiger charge is 2.35. The third-order valence-electron chi connectivity index (χ3n) is 5.63. The van der Waals surface area contributed by atoms with Crippen LogP contribution in [0.1, 0.15) is 39.5 Å². The van der Waals surface area contributed by atoms with Crippen molar-refractivity contribution in [3.8, 4) is 0 Å². The molecular weight excluding hydrogens is 314 g/mol. The summed E-state index contributed by atoms with van der Waals surface area (Å²) in [6.07, 6.45) is 3.85. The predicted molar refractivity (Wildman–Crippen MR) is 99.4 cm³/mol. The van der Waals surface area contributed by atoms with Gasteiger partial charge in [0, 0.05) is 38.3 Å². The Balaban J connectivity index is 1.65. The Morgan fingerprint density at radius 1 is 1.20 bits per heavy atom. The monoisotopic (exact) mass is 343 g/mol. The van der Waals surface area contributed by atoms with Crippen LogP contribution in [0.4, 0.5) is 5.69 Å². The second-order valence-corrected chi connectivity index (χ2v) is 7.22. The molecular formula is C20H29N3O2. The molecule has 2 saturated heterocycles. The highest BCUT2D eigenvalue weighted by Crippen LogP contribution is 2.25. The number of piperidine rings is 2. The normalized spacial score (nSPS) is 27.4. The van der Waals surface area contributed by atoms with Gasteiger partial charge >= 0.3 is 0 Å². The average molecular weight is 343 g/mol. The van der Waals surface area contributed by atoms with Gasteiger partial charge < -0.3 is 15.1 Å². The van der Waals surface area contributed by atoms with Gasteiger partial charge in [-0.05, 0) is 37.3 Å². The summed E-state index contributed by atoms with van der Waals surface area (Å²) in [6, 6.07) is 10.1. The molecule has 136 valence electrons. The van der Waals surface area contributed by atoms with Crippen LogP contribution in [0.25, 0.3) is 0 Å². The van der Waals surface area contributed by atoms with Crippen LogP contribution < -0.4 is 10.2 Å². The maximum Gasteiger partial charge on any atom is 0.244 e. The zero-order valence-corrected chi connectivity index (χ0v) is 15.3. The Morgan fingerprint density at radius 3 is 2.64 bits per heavy atom. The van der Waals surface area contributed by atoms with Crippen molar-refractivity contribution in [2.24, 2.45) is 5.92 Å². The minimum Gasteiger partial charge on any atom is -0.343 e. The molecule has 2 heterocycles. The molecule has 3 atom stereocenters. The van der Waals surface area contributed by atoms with E-state index in [0.29, 0.717) is 12.0 Å². The van der Waals surface area contributed by atoms with Crippen LogP contribution in [-0.2, 0) is 9.59 Å². The maximum absolute atomic E-state index is 13.0. The van der Waals surface area contributed by atoms with Crippen LogP contribution in [0.5, 0.6) is 0 Å². The molecule has 2 aliphatic heterocycles. The van der Waals surface area contributed by atoms with Crippen LogP contribution in [-0.4, -0.2) is 48.4 Å². The Hall–Kier alpha value is -1.88. The second kappa shape index (κ2) is 8.00. The lowest BCUT2D eigenvalue weighted by Gasteiger charge is -2.41. The summed E-state index contributed by atoms with van der Waals surface area (Å²) >= 11 is 0. The highest BCUT2D eigenvalue weighted by atomic mass is 16.2. The minimum absolute atomic E-state index is 0.114. The first kappa shape index (κ1) is 17.9. The first-order chi connectivity index (χ1) is 12.1. The summed E-state index contributed by atoms with van der Waals surface area (Å²) in [5.74, 6) is 0.750. The molecule has 25 heavy (non-hydrogen) atoms. The number of carbonyl (C=O) groups excluding carboxylic acids is 2. The molecule has 2 amide bonds. The van der Waals surface area contributed by atoms with E-state index in [4.69, 9.17) is 0 Å². The van der Waals surface area contributed by atoms with E-state index in [1.807, 2.05) is 40.1 Å². The van der Waals surface area contributed by atoms with E-state index >= 15 is 0 Å². The van der Waals surface area contributed by atoms with Crippen molar-refractivity contribution in [1.82, 2.24) is 10.2 Å². The van der Waals surface area contributed by atoms with Gasteiger partial charge in [0.1, 0.15) is 0 Å². The topological polar surface area (TPSA) is 52.7 Å². The Morgan fingerprint density at radius 2 is 1.96 bits per heavy atom. The minimum atomic E-state index is -0.114. The van der Waals surface area contributed by atoms with Gasteiger partial charge in [0.2, 0.25) is 11.8 Å². The molecule has 2 aliphatic rings. The van der Waals surface area contributed by atoms with Gasteiger partial charge in [0.15, 0.2) is 0 Å². The van der Waals surface area contributed by atoms with E-state index in [1.165, 1.54) is 0 Å². The molecule has 0 unspecified atom stereocenters. The number of nitrogens with zero attached hydrogens (tertiary/aromatic N) is 2. The number of amides is 2. The van der Waals surface area contributed by atoms with Gasteiger partial charge in [-0.1, -0.05) is 31.5 Å². The molecule has 5 heteroatoms. The zero-order valence-electron chi connectivity index (χ0n) is 15.3. The number of hydrogen-bond acceptors (Lipinski definition) is 3. The summed E-state index contributed by atoms with van der Waals surface area (Å²) < 4.78 is 0. The van der Waals surface area contributed by atoms with E-state index in [9.17, 15) is 9.59 Å². The number of likely N-dealkylation sites (tertiary alicyclic amines) is 1. The molecule has 1 aromatic rings. The van der Waals surface area contributed by atoms with E-state index in [-0.39, 0.29) is 17.9 Å². The van der Waals surface area contributed by atoms with Crippen molar-refractivity contribution in [3.63, 3.8) is 0 Å². The Labute approximate surface area is 150 Å². The number of nitrogens with one attached hydrogen (secondary N) is 1. The second-order valence-electron chi connectivity index (χ2n) is 7.22. The Bertz CT molecular complexity index is 604. The Kier molecular flexibility index (Phi) is 5.74. The van der Waals surface area contributed by atoms with E-state index in [1.54, 1.807) is 6.92 Å². The van der Waals surface area contributed by atoms with Crippen molar-refractivity contribution in [1.29, 1.82) is 0 Å². The average Bonchev–Trinajstić information content (AvgIpc) is 2.64. The summed E-state index contributed by atoms with van der Waals surface area (Å²) in [6.45, 7) is 6.19. The van der Waals surface area contributed by atoms with Gasteiger partial charge in [0.05, 0.1) is 6.04 Å². The molecule has 0 saturated carbocycles. The molecule has 0 spiro atoms. The molecule has 0 aromatic heterocycles. The van der Waals surface area contributed by atoms with Gasteiger partial charge in [-0.25, -0.2) is 0 Å². The van der Waals surface area contributed by atoms with E-state index in [2.05, 4.69) is 12.2 Å². The van der Waals surface area contributed by atoms with Gasteiger partial charge in [-0.15, -0.1) is 0 Å². The fourth-order valence-electron chi connectivity index (χ4n) is 4.10. The third kappa shape index (κ3) is 4.03. The molecule has 5 nitrogen and oxygen atoms in total. The molecule has 3 rings (SSSR count). The molecule has 0 radical (unpaired) electrons. The van der Waals surface area contributed by atoms with Gasteiger partial charge in [0.25, 0.3) is 0 Å². The van der Waals surface area contributed by atoms with E-state index in [0.717, 1.165) is 51.0 Å². The van der Waals surface area contributed by atoms with Crippen LogP contribution in [0.2, 0.25) is 0 Å². The smallest absolute Gasteiger partial charge is 0.244 e. The third-order valence-corrected chi connectivity index (χ3v) is 5.63. The lowest BCUT2D eigenvalue weighted by Crippen LogP contribution is -2.58. The molecule has 1 aromatic carbocycles. The highest BCUT2D eigenvalue weighted by molar-refractivity contribution is 5.97. The number of carbonyl (C=O) groups is 2. The zero-order chi connectivity index (χ0) is 17.8. The first-order valence-corrected chi connectivity index (χ1v) is 9.48. The van der Waals surface area contributed by atoms with Crippen molar-refractivity contribution in [2.45, 2.75) is 51.6 Å². The fraction of sp³-hybridized carbons (Fsp3) is 0.600. The van der Waals surface area contributed by atoms with Crippen molar-refractivity contribution >= 4 is 17.5 Å². The number of hydrogen-bond donors (Lipinski definition) is 1. The molecule has 0 bridgehead atoms. The quantitative estimate of drug-likeness (QED) is 0.913. The summed E-state index contributed by atoms with van der Waals surface area (Å²) in [5.41, 5.74) is 0.984. The SMILES string of the molecule is CC[C@@H]1CN(C(C)=O)CC[C@H]1N[C@H]1CCCN(c2ccccc2)C1=O. The number of para-hydroxylation sites is 1.